The molecule has 0 aromatic heterocycles. The van der Waals surface area contributed by atoms with Crippen LogP contribution in [0.3, 0.4) is 0 Å². The van der Waals surface area contributed by atoms with Crippen LogP contribution in [0.5, 0.6) is 0 Å². The highest BCUT2D eigenvalue weighted by Gasteiger charge is 2.12. The smallest absolute Gasteiger partial charge is 0.241 e. The summed E-state index contributed by atoms with van der Waals surface area (Å²) in [7, 11) is 0. The maximum Gasteiger partial charge on any atom is 0.241 e. The number of halogens is 2. The van der Waals surface area contributed by atoms with Crippen molar-refractivity contribution in [2.75, 3.05) is 5.32 Å². The SMILES string of the molecule is Cc1cc(F)c(NC(=O)[C@@H](C)N)cc1F. The van der Waals surface area contributed by atoms with E-state index in [0.717, 1.165) is 12.1 Å². The van der Waals surface area contributed by atoms with E-state index in [2.05, 4.69) is 5.32 Å². The minimum Gasteiger partial charge on any atom is -0.322 e. The Bertz CT molecular complexity index is 391. The minimum absolute atomic E-state index is 0.186. The average molecular weight is 214 g/mol. The van der Waals surface area contributed by atoms with Gasteiger partial charge in [0.05, 0.1) is 11.7 Å². The van der Waals surface area contributed by atoms with Crippen LogP contribution in [-0.4, -0.2) is 11.9 Å². The summed E-state index contributed by atoms with van der Waals surface area (Å²) in [6, 6.07) is 1.19. The first-order chi connectivity index (χ1) is 6.91. The third-order valence-electron chi connectivity index (χ3n) is 1.92. The zero-order valence-corrected chi connectivity index (χ0v) is 8.47. The Morgan fingerprint density at radius 3 is 2.53 bits per heavy atom. The van der Waals surface area contributed by atoms with Gasteiger partial charge in [-0.25, -0.2) is 8.78 Å². The summed E-state index contributed by atoms with van der Waals surface area (Å²) in [6.45, 7) is 2.90. The van der Waals surface area contributed by atoms with Gasteiger partial charge in [-0.3, -0.25) is 4.79 Å². The molecule has 3 N–H and O–H groups in total. The molecular weight excluding hydrogens is 202 g/mol. The summed E-state index contributed by atoms with van der Waals surface area (Å²) in [4.78, 5) is 11.1. The molecular formula is C10H12F2N2O. The standard InChI is InChI=1S/C10H12F2N2O/c1-5-3-8(12)9(4-7(5)11)14-10(15)6(2)13/h3-4,6H,13H2,1-2H3,(H,14,15)/t6-/m1/s1. The van der Waals surface area contributed by atoms with Gasteiger partial charge in [0.25, 0.3) is 0 Å². The van der Waals surface area contributed by atoms with E-state index in [1.54, 1.807) is 0 Å². The van der Waals surface area contributed by atoms with Crippen molar-refractivity contribution in [3.63, 3.8) is 0 Å². The lowest BCUT2D eigenvalue weighted by molar-refractivity contribution is -0.117. The number of carbonyl (C=O) groups is 1. The maximum absolute atomic E-state index is 13.2. The summed E-state index contributed by atoms with van der Waals surface area (Å²) in [5.41, 5.74) is 5.27. The Morgan fingerprint density at radius 1 is 1.40 bits per heavy atom. The fraction of sp³-hybridized carbons (Fsp3) is 0.300. The molecule has 0 radical (unpaired) electrons. The van der Waals surface area contributed by atoms with Crippen molar-refractivity contribution in [3.05, 3.63) is 29.3 Å². The Kier molecular flexibility index (Phi) is 3.36. The second-order valence-electron chi connectivity index (χ2n) is 3.36. The molecule has 0 aliphatic heterocycles. The Balaban J connectivity index is 2.96. The number of amides is 1. The molecule has 0 aliphatic carbocycles. The van der Waals surface area contributed by atoms with E-state index in [-0.39, 0.29) is 11.3 Å². The van der Waals surface area contributed by atoms with E-state index >= 15 is 0 Å². The van der Waals surface area contributed by atoms with Gasteiger partial charge in [-0.1, -0.05) is 0 Å². The third kappa shape index (κ3) is 2.73. The van der Waals surface area contributed by atoms with Crippen LogP contribution in [0, 0.1) is 18.6 Å². The molecule has 0 bridgehead atoms. The summed E-state index contributed by atoms with van der Waals surface area (Å²) in [5.74, 6) is -1.81. The fourth-order valence-electron chi connectivity index (χ4n) is 0.989. The van der Waals surface area contributed by atoms with Gasteiger partial charge in [0, 0.05) is 6.07 Å². The first kappa shape index (κ1) is 11.6. The molecule has 1 rings (SSSR count). The van der Waals surface area contributed by atoms with Crippen LogP contribution in [-0.2, 0) is 4.79 Å². The van der Waals surface area contributed by atoms with E-state index < -0.39 is 23.6 Å². The van der Waals surface area contributed by atoms with E-state index in [1.807, 2.05) is 0 Å². The lowest BCUT2D eigenvalue weighted by Gasteiger charge is -2.09. The van der Waals surface area contributed by atoms with Gasteiger partial charge in [0.15, 0.2) is 0 Å². The number of aryl methyl sites for hydroxylation is 1. The van der Waals surface area contributed by atoms with Crippen molar-refractivity contribution >= 4 is 11.6 Å². The van der Waals surface area contributed by atoms with Crippen molar-refractivity contribution in [3.8, 4) is 0 Å². The van der Waals surface area contributed by atoms with Crippen LogP contribution in [0.4, 0.5) is 14.5 Å². The van der Waals surface area contributed by atoms with Crippen LogP contribution >= 0.6 is 0 Å². The largest absolute Gasteiger partial charge is 0.322 e. The summed E-state index contributed by atoms with van der Waals surface area (Å²) in [5, 5.41) is 2.20. The highest BCUT2D eigenvalue weighted by Crippen LogP contribution is 2.18. The van der Waals surface area contributed by atoms with Gasteiger partial charge >= 0.3 is 0 Å². The zero-order valence-electron chi connectivity index (χ0n) is 8.47. The maximum atomic E-state index is 13.2. The lowest BCUT2D eigenvalue weighted by atomic mass is 10.2. The molecule has 3 nitrogen and oxygen atoms in total. The zero-order chi connectivity index (χ0) is 11.6. The van der Waals surface area contributed by atoms with Crippen molar-refractivity contribution in [2.45, 2.75) is 19.9 Å². The van der Waals surface area contributed by atoms with Gasteiger partial charge in [0.2, 0.25) is 5.91 Å². The summed E-state index contributed by atoms with van der Waals surface area (Å²) >= 11 is 0. The lowest BCUT2D eigenvalue weighted by Crippen LogP contribution is -2.32. The fourth-order valence-corrected chi connectivity index (χ4v) is 0.989. The normalized spacial score (nSPS) is 12.3. The average Bonchev–Trinajstić information content (AvgIpc) is 2.13. The molecule has 82 valence electrons. The Morgan fingerprint density at radius 2 is 2.00 bits per heavy atom. The Labute approximate surface area is 86.3 Å². The summed E-state index contributed by atoms with van der Waals surface area (Å²) < 4.78 is 26.3. The van der Waals surface area contributed by atoms with Crippen molar-refractivity contribution in [1.29, 1.82) is 0 Å². The number of anilines is 1. The van der Waals surface area contributed by atoms with Crippen LogP contribution in [0.1, 0.15) is 12.5 Å². The quantitative estimate of drug-likeness (QED) is 0.784. The highest BCUT2D eigenvalue weighted by atomic mass is 19.1. The van der Waals surface area contributed by atoms with Gasteiger partial charge in [-0.05, 0) is 25.5 Å². The first-order valence-corrected chi connectivity index (χ1v) is 4.44. The molecule has 15 heavy (non-hydrogen) atoms. The predicted octanol–water partition coefficient (Wildman–Crippen LogP) is 1.56. The number of benzene rings is 1. The van der Waals surface area contributed by atoms with E-state index in [0.29, 0.717) is 0 Å². The van der Waals surface area contributed by atoms with Crippen LogP contribution in [0.15, 0.2) is 12.1 Å². The molecule has 1 aromatic rings. The molecule has 0 saturated carbocycles. The van der Waals surface area contributed by atoms with Gasteiger partial charge in [-0.15, -0.1) is 0 Å². The molecule has 0 unspecified atom stereocenters. The topological polar surface area (TPSA) is 55.1 Å². The number of rotatable bonds is 2. The number of carbonyl (C=O) groups excluding carboxylic acids is 1. The summed E-state index contributed by atoms with van der Waals surface area (Å²) in [6.07, 6.45) is 0. The number of nitrogens with one attached hydrogen (secondary N) is 1. The number of hydrogen-bond acceptors (Lipinski definition) is 2. The first-order valence-electron chi connectivity index (χ1n) is 4.44. The van der Waals surface area contributed by atoms with E-state index in [4.69, 9.17) is 5.73 Å². The van der Waals surface area contributed by atoms with Crippen LogP contribution < -0.4 is 11.1 Å². The Hall–Kier alpha value is -1.49. The second kappa shape index (κ2) is 4.35. The van der Waals surface area contributed by atoms with Crippen LogP contribution in [0.2, 0.25) is 0 Å². The molecule has 0 heterocycles. The van der Waals surface area contributed by atoms with Crippen molar-refractivity contribution < 1.29 is 13.6 Å². The van der Waals surface area contributed by atoms with Crippen molar-refractivity contribution in [1.82, 2.24) is 0 Å². The monoisotopic (exact) mass is 214 g/mol. The second-order valence-corrected chi connectivity index (χ2v) is 3.36. The van der Waals surface area contributed by atoms with Crippen molar-refractivity contribution in [2.24, 2.45) is 5.73 Å². The predicted molar refractivity (Wildman–Crippen MR) is 53.4 cm³/mol. The molecule has 0 aliphatic rings. The number of hydrogen-bond donors (Lipinski definition) is 2. The van der Waals surface area contributed by atoms with Gasteiger partial charge < -0.3 is 11.1 Å². The molecule has 0 saturated heterocycles. The minimum atomic E-state index is -0.770. The number of nitrogens with two attached hydrogens (primary N) is 1. The highest BCUT2D eigenvalue weighted by molar-refractivity contribution is 5.94. The molecule has 1 amide bonds. The van der Waals surface area contributed by atoms with E-state index in [1.165, 1.54) is 13.8 Å². The van der Waals surface area contributed by atoms with Crippen LogP contribution in [0.25, 0.3) is 0 Å². The molecule has 1 aromatic carbocycles. The van der Waals surface area contributed by atoms with Gasteiger partial charge in [0.1, 0.15) is 11.6 Å². The van der Waals surface area contributed by atoms with Gasteiger partial charge in [-0.2, -0.15) is 0 Å². The van der Waals surface area contributed by atoms with E-state index in [9.17, 15) is 13.6 Å². The molecule has 1 atom stereocenters. The molecule has 5 heteroatoms. The third-order valence-corrected chi connectivity index (χ3v) is 1.92. The molecule has 0 spiro atoms. The molecule has 0 fully saturated rings.